The minimum atomic E-state index is 0.699. The molecule has 3 heterocycles. The summed E-state index contributed by atoms with van der Waals surface area (Å²) < 4.78 is 5.92. The Hall–Kier alpha value is -3.41. The van der Waals surface area contributed by atoms with Gasteiger partial charge in [0.25, 0.3) is 6.01 Å². The van der Waals surface area contributed by atoms with Crippen molar-refractivity contribution >= 4 is 22.9 Å². The summed E-state index contributed by atoms with van der Waals surface area (Å²) in [5.41, 5.74) is 3.81. The van der Waals surface area contributed by atoms with Gasteiger partial charge in [0.15, 0.2) is 5.58 Å². The molecule has 0 radical (unpaired) electrons. The number of anilines is 2. The number of aryl methyl sites for hydroxylation is 1. The van der Waals surface area contributed by atoms with Crippen molar-refractivity contribution in [1.29, 1.82) is 0 Å². The molecule has 1 aliphatic rings. The van der Waals surface area contributed by atoms with Crippen LogP contribution in [0.4, 0.5) is 11.8 Å². The average Bonchev–Trinajstić information content (AvgIpc) is 3.18. The molecule has 5 rings (SSSR count). The van der Waals surface area contributed by atoms with Gasteiger partial charge in [-0.3, -0.25) is 0 Å². The Bertz CT molecular complexity index is 1070. The maximum absolute atomic E-state index is 5.92. The summed E-state index contributed by atoms with van der Waals surface area (Å²) in [7, 11) is 0. The lowest BCUT2D eigenvalue weighted by Crippen LogP contribution is -2.47. The Morgan fingerprint density at radius 3 is 2.29 bits per heavy atom. The zero-order valence-corrected chi connectivity index (χ0v) is 15.7. The van der Waals surface area contributed by atoms with Crippen LogP contribution in [0, 0.1) is 6.92 Å². The van der Waals surface area contributed by atoms with E-state index in [0.717, 1.165) is 60.2 Å². The van der Waals surface area contributed by atoms with Crippen molar-refractivity contribution in [1.82, 2.24) is 15.0 Å². The van der Waals surface area contributed by atoms with Gasteiger partial charge in [0.1, 0.15) is 17.2 Å². The molecule has 4 aromatic rings. The van der Waals surface area contributed by atoms with Crippen LogP contribution in [0.1, 0.15) is 5.82 Å². The van der Waals surface area contributed by atoms with Crippen molar-refractivity contribution < 1.29 is 4.42 Å². The highest BCUT2D eigenvalue weighted by Gasteiger charge is 2.22. The van der Waals surface area contributed by atoms with E-state index in [2.05, 4.69) is 43.0 Å². The predicted octanol–water partition coefficient (Wildman–Crippen LogP) is 3.92. The number of oxazole rings is 1. The molecule has 6 heteroatoms. The normalized spacial score (nSPS) is 14.6. The van der Waals surface area contributed by atoms with Crippen molar-refractivity contribution in [2.45, 2.75) is 6.92 Å². The fraction of sp³-hybridized carbons (Fsp3) is 0.227. The minimum Gasteiger partial charge on any atom is -0.423 e. The molecule has 0 N–H and O–H groups in total. The Morgan fingerprint density at radius 2 is 1.50 bits per heavy atom. The molecule has 1 aliphatic heterocycles. The largest absolute Gasteiger partial charge is 0.423 e. The lowest BCUT2D eigenvalue weighted by Gasteiger charge is -2.34. The zero-order chi connectivity index (χ0) is 18.9. The number of fused-ring (bicyclic) bond motifs is 1. The van der Waals surface area contributed by atoms with E-state index in [1.54, 1.807) is 0 Å². The molecule has 6 nitrogen and oxygen atoms in total. The molecule has 0 unspecified atom stereocenters. The maximum atomic E-state index is 5.92. The van der Waals surface area contributed by atoms with Crippen LogP contribution in [-0.2, 0) is 0 Å². The van der Waals surface area contributed by atoms with Crippen LogP contribution in [0.25, 0.3) is 22.4 Å². The molecule has 0 spiro atoms. The number of benzene rings is 2. The number of piperazine rings is 1. The van der Waals surface area contributed by atoms with E-state index in [9.17, 15) is 0 Å². The lowest BCUT2D eigenvalue weighted by molar-refractivity contribution is 0.540. The van der Waals surface area contributed by atoms with Crippen LogP contribution < -0.4 is 9.80 Å². The number of aromatic nitrogens is 3. The fourth-order valence-electron chi connectivity index (χ4n) is 3.59. The van der Waals surface area contributed by atoms with Gasteiger partial charge < -0.3 is 14.2 Å². The first-order valence-corrected chi connectivity index (χ1v) is 9.53. The molecule has 2 aromatic heterocycles. The van der Waals surface area contributed by atoms with Gasteiger partial charge in [-0.1, -0.05) is 42.5 Å². The summed E-state index contributed by atoms with van der Waals surface area (Å²) in [4.78, 5) is 18.4. The van der Waals surface area contributed by atoms with Crippen LogP contribution in [0.2, 0.25) is 0 Å². The van der Waals surface area contributed by atoms with E-state index in [1.807, 2.05) is 49.4 Å². The third-order valence-electron chi connectivity index (χ3n) is 5.05. The second kappa shape index (κ2) is 6.96. The number of para-hydroxylation sites is 2. The second-order valence-corrected chi connectivity index (χ2v) is 6.96. The molecule has 1 saturated heterocycles. The van der Waals surface area contributed by atoms with Crippen molar-refractivity contribution in [2.24, 2.45) is 0 Å². The standard InChI is InChI=1S/C22H21N5O/c1-16-23-19(17-7-3-2-4-8-17)15-21(24-16)26-11-13-27(14-12-26)22-25-18-9-5-6-10-20(18)28-22/h2-10,15H,11-14H2,1H3. The number of rotatable bonds is 3. The van der Waals surface area contributed by atoms with Crippen molar-refractivity contribution in [3.8, 4) is 11.3 Å². The third-order valence-corrected chi connectivity index (χ3v) is 5.05. The molecule has 1 fully saturated rings. The van der Waals surface area contributed by atoms with Crippen molar-refractivity contribution in [3.63, 3.8) is 0 Å². The molecule has 0 amide bonds. The van der Waals surface area contributed by atoms with E-state index >= 15 is 0 Å². The molecule has 2 aromatic carbocycles. The highest BCUT2D eigenvalue weighted by Crippen LogP contribution is 2.25. The molecule has 28 heavy (non-hydrogen) atoms. The van der Waals surface area contributed by atoms with Gasteiger partial charge in [0.2, 0.25) is 0 Å². The molecular formula is C22H21N5O. The Morgan fingerprint density at radius 1 is 0.786 bits per heavy atom. The van der Waals surface area contributed by atoms with E-state index in [4.69, 9.17) is 4.42 Å². The molecule has 0 atom stereocenters. The van der Waals surface area contributed by atoms with Crippen LogP contribution in [-0.4, -0.2) is 41.1 Å². The average molecular weight is 371 g/mol. The van der Waals surface area contributed by atoms with Gasteiger partial charge >= 0.3 is 0 Å². The molecular weight excluding hydrogens is 350 g/mol. The number of hydrogen-bond acceptors (Lipinski definition) is 6. The lowest BCUT2D eigenvalue weighted by atomic mass is 10.1. The van der Waals surface area contributed by atoms with Gasteiger partial charge in [-0.2, -0.15) is 4.98 Å². The monoisotopic (exact) mass is 371 g/mol. The summed E-state index contributed by atoms with van der Waals surface area (Å²) in [6.07, 6.45) is 0. The SMILES string of the molecule is Cc1nc(-c2ccccc2)cc(N2CCN(c3nc4ccccc4o3)CC2)n1. The number of hydrogen-bond donors (Lipinski definition) is 0. The first kappa shape index (κ1) is 16.7. The second-order valence-electron chi connectivity index (χ2n) is 6.96. The fourth-order valence-corrected chi connectivity index (χ4v) is 3.59. The Labute approximate surface area is 163 Å². The zero-order valence-electron chi connectivity index (χ0n) is 15.7. The first-order valence-electron chi connectivity index (χ1n) is 9.53. The Balaban J connectivity index is 1.34. The van der Waals surface area contributed by atoms with Gasteiger partial charge in [0.05, 0.1) is 5.69 Å². The smallest absolute Gasteiger partial charge is 0.298 e. The first-order chi connectivity index (χ1) is 13.8. The van der Waals surface area contributed by atoms with Crippen LogP contribution in [0.3, 0.4) is 0 Å². The minimum absolute atomic E-state index is 0.699. The quantitative estimate of drug-likeness (QED) is 0.544. The van der Waals surface area contributed by atoms with Gasteiger partial charge in [-0.15, -0.1) is 0 Å². The summed E-state index contributed by atoms with van der Waals surface area (Å²) in [5.74, 6) is 1.77. The summed E-state index contributed by atoms with van der Waals surface area (Å²) in [6, 6.07) is 20.9. The van der Waals surface area contributed by atoms with Crippen molar-refractivity contribution in [3.05, 3.63) is 66.5 Å². The Kier molecular flexibility index (Phi) is 4.16. The van der Waals surface area contributed by atoms with Gasteiger partial charge in [-0.25, -0.2) is 9.97 Å². The van der Waals surface area contributed by atoms with Crippen LogP contribution in [0.15, 0.2) is 65.1 Å². The van der Waals surface area contributed by atoms with E-state index in [0.29, 0.717) is 6.01 Å². The predicted molar refractivity (Wildman–Crippen MR) is 111 cm³/mol. The van der Waals surface area contributed by atoms with Gasteiger partial charge in [-0.05, 0) is 19.1 Å². The molecule has 0 saturated carbocycles. The topological polar surface area (TPSA) is 58.3 Å². The van der Waals surface area contributed by atoms with Crippen molar-refractivity contribution in [2.75, 3.05) is 36.0 Å². The van der Waals surface area contributed by atoms with E-state index in [-0.39, 0.29) is 0 Å². The summed E-state index contributed by atoms with van der Waals surface area (Å²) in [5, 5.41) is 0. The third kappa shape index (κ3) is 3.17. The molecule has 0 aliphatic carbocycles. The van der Waals surface area contributed by atoms with E-state index in [1.165, 1.54) is 0 Å². The summed E-state index contributed by atoms with van der Waals surface area (Å²) >= 11 is 0. The highest BCUT2D eigenvalue weighted by molar-refractivity contribution is 5.74. The van der Waals surface area contributed by atoms with E-state index < -0.39 is 0 Å². The highest BCUT2D eigenvalue weighted by atomic mass is 16.4. The maximum Gasteiger partial charge on any atom is 0.298 e. The van der Waals surface area contributed by atoms with Crippen LogP contribution >= 0.6 is 0 Å². The summed E-state index contributed by atoms with van der Waals surface area (Å²) in [6.45, 7) is 5.37. The molecule has 140 valence electrons. The van der Waals surface area contributed by atoms with Gasteiger partial charge in [0, 0.05) is 37.8 Å². The molecule has 0 bridgehead atoms. The van der Waals surface area contributed by atoms with Crippen LogP contribution in [0.5, 0.6) is 0 Å². The number of nitrogens with zero attached hydrogens (tertiary/aromatic N) is 5.